The van der Waals surface area contributed by atoms with Gasteiger partial charge in [0.2, 0.25) is 0 Å². The van der Waals surface area contributed by atoms with Crippen LogP contribution in [0.5, 0.6) is 0 Å². The van der Waals surface area contributed by atoms with Gasteiger partial charge in [-0.05, 0) is 17.5 Å². The molecule has 1 aromatic carbocycles. The molecule has 0 saturated carbocycles. The van der Waals surface area contributed by atoms with Crippen LogP contribution in [0.3, 0.4) is 0 Å². The van der Waals surface area contributed by atoms with Gasteiger partial charge in [-0.2, -0.15) is 5.10 Å². The lowest BCUT2D eigenvalue weighted by Crippen LogP contribution is -2.24. The summed E-state index contributed by atoms with van der Waals surface area (Å²) >= 11 is 0. The number of amides is 1. The average Bonchev–Trinajstić information content (AvgIpc) is 2.86. The highest BCUT2D eigenvalue weighted by molar-refractivity contribution is 5.95. The van der Waals surface area contributed by atoms with Gasteiger partial charge in [0.25, 0.3) is 5.91 Å². The zero-order valence-electron chi connectivity index (χ0n) is 11.9. The quantitative estimate of drug-likeness (QED) is 0.863. The van der Waals surface area contributed by atoms with Gasteiger partial charge in [0.15, 0.2) is 0 Å². The van der Waals surface area contributed by atoms with Gasteiger partial charge in [0.05, 0.1) is 11.3 Å². The summed E-state index contributed by atoms with van der Waals surface area (Å²) in [4.78, 5) is 12.2. The van der Waals surface area contributed by atoms with Crippen molar-refractivity contribution in [3.63, 3.8) is 0 Å². The molecule has 0 aliphatic rings. The molecule has 1 amide bonds. The maximum atomic E-state index is 12.2. The summed E-state index contributed by atoms with van der Waals surface area (Å²) in [5.41, 5.74) is 9.24. The molecule has 0 aliphatic carbocycles. The number of hydrogen-bond donors (Lipinski definition) is 2. The fraction of sp³-hybridized carbons (Fsp3) is 0.333. The molecule has 1 heterocycles. The van der Waals surface area contributed by atoms with Crippen LogP contribution in [0.2, 0.25) is 0 Å². The van der Waals surface area contributed by atoms with Gasteiger partial charge in [0.1, 0.15) is 0 Å². The van der Waals surface area contributed by atoms with Crippen LogP contribution in [-0.4, -0.2) is 15.7 Å². The Morgan fingerprint density at radius 3 is 2.70 bits per heavy atom. The van der Waals surface area contributed by atoms with Gasteiger partial charge in [0, 0.05) is 26.3 Å². The summed E-state index contributed by atoms with van der Waals surface area (Å²) in [6, 6.07) is 7.85. The van der Waals surface area contributed by atoms with Crippen LogP contribution >= 0.6 is 0 Å². The average molecular weight is 272 g/mol. The van der Waals surface area contributed by atoms with Crippen LogP contribution in [-0.2, 0) is 26.6 Å². The SMILES string of the molecule is CCc1nn(C)cc1C(=O)NCc1ccccc1CN. The third kappa shape index (κ3) is 3.05. The first-order chi connectivity index (χ1) is 9.65. The minimum Gasteiger partial charge on any atom is -0.348 e. The highest BCUT2D eigenvalue weighted by Crippen LogP contribution is 2.10. The number of nitrogens with two attached hydrogens (primary N) is 1. The van der Waals surface area contributed by atoms with Gasteiger partial charge in [-0.1, -0.05) is 31.2 Å². The Hall–Kier alpha value is -2.14. The molecule has 0 saturated heterocycles. The van der Waals surface area contributed by atoms with E-state index in [2.05, 4.69) is 10.4 Å². The van der Waals surface area contributed by atoms with Crippen LogP contribution in [0.1, 0.15) is 34.1 Å². The van der Waals surface area contributed by atoms with Crippen LogP contribution in [0.15, 0.2) is 30.5 Å². The molecule has 5 nitrogen and oxygen atoms in total. The van der Waals surface area contributed by atoms with E-state index in [1.807, 2.05) is 38.2 Å². The fourth-order valence-corrected chi connectivity index (χ4v) is 2.19. The Morgan fingerprint density at radius 2 is 2.05 bits per heavy atom. The lowest BCUT2D eigenvalue weighted by molar-refractivity contribution is 0.0950. The fourth-order valence-electron chi connectivity index (χ4n) is 2.19. The Labute approximate surface area is 118 Å². The topological polar surface area (TPSA) is 72.9 Å². The van der Waals surface area contributed by atoms with Crippen molar-refractivity contribution in [3.05, 3.63) is 52.8 Å². The first kappa shape index (κ1) is 14.3. The van der Waals surface area contributed by atoms with E-state index >= 15 is 0 Å². The highest BCUT2D eigenvalue weighted by Gasteiger charge is 2.14. The summed E-state index contributed by atoms with van der Waals surface area (Å²) in [5.74, 6) is -0.0956. The molecule has 2 aromatic rings. The number of nitrogens with zero attached hydrogens (tertiary/aromatic N) is 2. The van der Waals surface area contributed by atoms with E-state index in [0.29, 0.717) is 18.7 Å². The van der Waals surface area contributed by atoms with E-state index < -0.39 is 0 Å². The molecule has 5 heteroatoms. The molecule has 3 N–H and O–H groups in total. The Kier molecular flexibility index (Phi) is 4.53. The van der Waals surface area contributed by atoms with Crippen molar-refractivity contribution < 1.29 is 4.79 Å². The lowest BCUT2D eigenvalue weighted by atomic mass is 10.1. The lowest BCUT2D eigenvalue weighted by Gasteiger charge is -2.09. The van der Waals surface area contributed by atoms with Gasteiger partial charge >= 0.3 is 0 Å². The van der Waals surface area contributed by atoms with E-state index in [-0.39, 0.29) is 5.91 Å². The summed E-state index contributed by atoms with van der Waals surface area (Å²) in [6.45, 7) is 2.94. The first-order valence-electron chi connectivity index (χ1n) is 6.73. The number of aryl methyl sites for hydroxylation is 2. The Bertz CT molecular complexity index is 604. The summed E-state index contributed by atoms with van der Waals surface area (Å²) in [7, 11) is 1.82. The monoisotopic (exact) mass is 272 g/mol. The van der Waals surface area contributed by atoms with Gasteiger partial charge in [-0.15, -0.1) is 0 Å². The van der Waals surface area contributed by atoms with E-state index in [0.717, 1.165) is 23.2 Å². The van der Waals surface area contributed by atoms with E-state index in [1.165, 1.54) is 0 Å². The normalized spacial score (nSPS) is 10.6. The predicted molar refractivity (Wildman–Crippen MR) is 78.1 cm³/mol. The largest absolute Gasteiger partial charge is 0.348 e. The molecular formula is C15H20N4O. The van der Waals surface area contributed by atoms with E-state index in [9.17, 15) is 4.79 Å². The standard InChI is InChI=1S/C15H20N4O/c1-3-14-13(10-19(2)18-14)15(20)17-9-12-7-5-4-6-11(12)8-16/h4-7,10H,3,8-9,16H2,1-2H3,(H,17,20). The second kappa shape index (κ2) is 6.34. The second-order valence-electron chi connectivity index (χ2n) is 4.67. The second-order valence-corrected chi connectivity index (χ2v) is 4.67. The molecule has 106 valence electrons. The minimum absolute atomic E-state index is 0.0956. The van der Waals surface area contributed by atoms with Gasteiger partial charge < -0.3 is 11.1 Å². The van der Waals surface area contributed by atoms with E-state index in [1.54, 1.807) is 10.9 Å². The van der Waals surface area contributed by atoms with Crippen molar-refractivity contribution in [3.8, 4) is 0 Å². The minimum atomic E-state index is -0.0956. The zero-order chi connectivity index (χ0) is 14.5. The van der Waals surface area contributed by atoms with Crippen LogP contribution in [0.25, 0.3) is 0 Å². The van der Waals surface area contributed by atoms with Crippen LogP contribution in [0.4, 0.5) is 0 Å². The molecule has 0 bridgehead atoms. The smallest absolute Gasteiger partial charge is 0.255 e. The van der Waals surface area contributed by atoms with Crippen molar-refractivity contribution in [2.24, 2.45) is 12.8 Å². The third-order valence-corrected chi connectivity index (χ3v) is 3.26. The molecular weight excluding hydrogens is 252 g/mol. The molecule has 0 fully saturated rings. The maximum Gasteiger partial charge on any atom is 0.255 e. The molecule has 0 spiro atoms. The molecule has 0 radical (unpaired) electrons. The number of carbonyl (C=O) groups is 1. The van der Waals surface area contributed by atoms with Crippen molar-refractivity contribution in [1.29, 1.82) is 0 Å². The van der Waals surface area contributed by atoms with Gasteiger partial charge in [-0.25, -0.2) is 0 Å². The third-order valence-electron chi connectivity index (χ3n) is 3.26. The summed E-state index contributed by atoms with van der Waals surface area (Å²) in [6.07, 6.45) is 2.49. The molecule has 1 aromatic heterocycles. The van der Waals surface area contributed by atoms with Crippen LogP contribution in [0, 0.1) is 0 Å². The molecule has 0 aliphatic heterocycles. The molecule has 0 unspecified atom stereocenters. The van der Waals surface area contributed by atoms with Crippen molar-refractivity contribution in [1.82, 2.24) is 15.1 Å². The molecule has 2 rings (SSSR count). The summed E-state index contributed by atoms with van der Waals surface area (Å²) < 4.78 is 1.67. The van der Waals surface area contributed by atoms with Crippen LogP contribution < -0.4 is 11.1 Å². The predicted octanol–water partition coefficient (Wildman–Crippen LogP) is 1.37. The highest BCUT2D eigenvalue weighted by atomic mass is 16.1. The number of nitrogens with one attached hydrogen (secondary N) is 1. The number of benzene rings is 1. The Morgan fingerprint density at radius 1 is 1.35 bits per heavy atom. The number of hydrogen-bond acceptors (Lipinski definition) is 3. The summed E-state index contributed by atoms with van der Waals surface area (Å²) in [5, 5.41) is 7.20. The van der Waals surface area contributed by atoms with Gasteiger partial charge in [-0.3, -0.25) is 9.48 Å². The van der Waals surface area contributed by atoms with Crippen molar-refractivity contribution in [2.75, 3.05) is 0 Å². The number of rotatable bonds is 5. The Balaban J connectivity index is 2.08. The van der Waals surface area contributed by atoms with Crippen molar-refractivity contribution >= 4 is 5.91 Å². The van der Waals surface area contributed by atoms with Crippen molar-refractivity contribution in [2.45, 2.75) is 26.4 Å². The van der Waals surface area contributed by atoms with E-state index in [4.69, 9.17) is 5.73 Å². The molecule has 0 atom stereocenters. The zero-order valence-corrected chi connectivity index (χ0v) is 11.9. The number of aromatic nitrogens is 2. The molecule has 20 heavy (non-hydrogen) atoms. The number of carbonyl (C=O) groups excluding carboxylic acids is 1. The first-order valence-corrected chi connectivity index (χ1v) is 6.73. The maximum absolute atomic E-state index is 12.2.